The zero-order valence-corrected chi connectivity index (χ0v) is 36.6. The third-order valence-electron chi connectivity index (χ3n) is 10.3. The van der Waals surface area contributed by atoms with Gasteiger partial charge in [-0.15, -0.1) is 42.0 Å². The number of hydrogen-bond donors (Lipinski definition) is 0. The summed E-state index contributed by atoms with van der Waals surface area (Å²) in [4.78, 5) is 14.1. The number of pyridine rings is 3. The van der Waals surface area contributed by atoms with E-state index in [1.165, 1.54) is 28.4 Å². The first-order valence-electron chi connectivity index (χ1n) is 19.2. The maximum Gasteiger partial charge on any atom is 0.143 e. The van der Waals surface area contributed by atoms with Gasteiger partial charge in [0.15, 0.2) is 0 Å². The van der Waals surface area contributed by atoms with E-state index < -0.39 is 8.07 Å². The molecule has 0 fully saturated rings. The molecule has 289 valence electrons. The van der Waals surface area contributed by atoms with E-state index in [0.717, 1.165) is 73.0 Å². The van der Waals surface area contributed by atoms with Crippen LogP contribution in [0, 0.1) is 30.8 Å². The first kappa shape index (κ1) is 39.9. The molecule has 5 nitrogen and oxygen atoms in total. The molecule has 0 saturated carbocycles. The largest absolute Gasteiger partial charge is 0.500 e. The first-order valence-corrected chi connectivity index (χ1v) is 22.7. The predicted molar refractivity (Wildman–Crippen MR) is 230 cm³/mol. The first-order chi connectivity index (χ1) is 26.9. The molecule has 1 unspecified atom stereocenters. The number of fused-ring (bicyclic) bond motifs is 6. The number of aromatic nitrogens is 3. The summed E-state index contributed by atoms with van der Waals surface area (Å²) in [6.45, 7) is 15.6. The molecule has 0 amide bonds. The Kier molecular flexibility index (Phi) is 11.4. The van der Waals surface area contributed by atoms with E-state index >= 15 is 0 Å². The fourth-order valence-corrected chi connectivity index (χ4v) is 8.36. The van der Waals surface area contributed by atoms with E-state index in [9.17, 15) is 4.39 Å². The molecule has 0 bridgehead atoms. The molecule has 57 heavy (non-hydrogen) atoms. The molecule has 9 rings (SSSR count). The van der Waals surface area contributed by atoms with Crippen LogP contribution in [0.2, 0.25) is 19.6 Å². The number of aryl methyl sites for hydroxylation is 1. The number of halogens is 1. The maximum absolute atomic E-state index is 13.5. The van der Waals surface area contributed by atoms with Gasteiger partial charge in [-0.3, -0.25) is 4.98 Å². The monoisotopic (exact) mass is 946 g/mol. The fraction of sp³-hybridized carbons (Fsp3) is 0.204. The van der Waals surface area contributed by atoms with Crippen LogP contribution in [0.25, 0.3) is 66.4 Å². The Balaban J connectivity index is 0.000000178. The van der Waals surface area contributed by atoms with Gasteiger partial charge in [-0.05, 0) is 65.7 Å². The molecule has 1 atom stereocenters. The molecule has 1 radical (unpaired) electrons. The third kappa shape index (κ3) is 8.26. The summed E-state index contributed by atoms with van der Waals surface area (Å²) < 4.78 is 25.7. The van der Waals surface area contributed by atoms with Crippen molar-refractivity contribution in [1.29, 1.82) is 0 Å². The van der Waals surface area contributed by atoms with Crippen LogP contribution >= 0.6 is 0 Å². The second-order valence-corrected chi connectivity index (χ2v) is 21.1. The summed E-state index contributed by atoms with van der Waals surface area (Å²) >= 11 is 0. The van der Waals surface area contributed by atoms with Crippen molar-refractivity contribution in [3.05, 3.63) is 156 Å². The van der Waals surface area contributed by atoms with Gasteiger partial charge in [0.1, 0.15) is 17.0 Å². The van der Waals surface area contributed by atoms with Crippen LogP contribution in [0.4, 0.5) is 4.39 Å². The molecule has 0 saturated heterocycles. The van der Waals surface area contributed by atoms with Crippen molar-refractivity contribution in [2.45, 2.75) is 59.7 Å². The average Bonchev–Trinajstić information content (AvgIpc) is 3.75. The molecule has 8 heteroatoms. The molecular weight excluding hydrogens is 902 g/mol. The molecular formula is C49H44FIrN3O2Si-2. The zero-order chi connectivity index (χ0) is 39.1. The standard InChI is InChI=1S/C29H27N2O.C20H17FNOSi.Ir/c1-18(2)14-21-12-13-30-26(16-21)23-10-11-27-24(17-23)25-15-19(3)31-28(29(25)32-27)20(4)22-8-6-5-7-9-22;1-24(2,3)14-8-10-18(22-12-14)17-6-4-5-16-15-9-7-13(21)11-19(15)23-20(16)17;/h5-9,11-13,15-18,20H,14H2,1-4H3;4-5,7-12H,1-3H3;/q2*-1;. The van der Waals surface area contributed by atoms with Crippen LogP contribution in [0.1, 0.15) is 49.2 Å². The summed E-state index contributed by atoms with van der Waals surface area (Å²) in [6, 6.07) is 40.2. The van der Waals surface area contributed by atoms with E-state index in [1.807, 2.05) is 49.6 Å². The Hall–Kier alpha value is -5.27. The van der Waals surface area contributed by atoms with E-state index in [-0.39, 0.29) is 31.8 Å². The fourth-order valence-electron chi connectivity index (χ4n) is 7.33. The SMILES string of the molecule is C[Si](C)(C)c1ccc(-c2[c-]ccc3c2oc2cc(F)ccc23)nc1.Cc1cc2c(oc3c[c-]c(-c4cc(CC(C)C)ccn4)cc32)c(C(C)c2ccccc2)n1.[Ir]. The van der Waals surface area contributed by atoms with Crippen molar-refractivity contribution < 1.29 is 33.3 Å². The molecule has 0 aliphatic heterocycles. The zero-order valence-electron chi connectivity index (χ0n) is 33.2. The Morgan fingerprint density at radius 3 is 2.26 bits per heavy atom. The second-order valence-electron chi connectivity index (χ2n) is 16.1. The van der Waals surface area contributed by atoms with Gasteiger partial charge >= 0.3 is 0 Å². The number of rotatable bonds is 7. The minimum absolute atomic E-state index is 0. The van der Waals surface area contributed by atoms with Gasteiger partial charge < -0.3 is 18.8 Å². The quantitative estimate of drug-likeness (QED) is 0.118. The Labute approximate surface area is 347 Å². The van der Waals surface area contributed by atoms with Crippen molar-refractivity contribution in [3.8, 4) is 22.5 Å². The van der Waals surface area contributed by atoms with Crippen LogP contribution in [0.15, 0.2) is 124 Å². The van der Waals surface area contributed by atoms with Crippen LogP contribution in [-0.2, 0) is 26.5 Å². The maximum atomic E-state index is 13.5. The number of nitrogens with zero attached hydrogens (tertiary/aromatic N) is 3. The van der Waals surface area contributed by atoms with Gasteiger partial charge in [0.2, 0.25) is 0 Å². The number of hydrogen-bond acceptors (Lipinski definition) is 5. The Morgan fingerprint density at radius 2 is 1.53 bits per heavy atom. The van der Waals surface area contributed by atoms with Crippen molar-refractivity contribution in [3.63, 3.8) is 0 Å². The topological polar surface area (TPSA) is 65.0 Å². The van der Waals surface area contributed by atoms with Crippen molar-refractivity contribution in [1.82, 2.24) is 15.0 Å². The normalized spacial score (nSPS) is 12.2. The van der Waals surface area contributed by atoms with Gasteiger partial charge in [-0.1, -0.05) is 111 Å². The van der Waals surface area contributed by atoms with Gasteiger partial charge in [-0.2, -0.15) is 0 Å². The van der Waals surface area contributed by atoms with Crippen LogP contribution in [0.3, 0.4) is 0 Å². The van der Waals surface area contributed by atoms with E-state index in [1.54, 1.807) is 6.07 Å². The van der Waals surface area contributed by atoms with Gasteiger partial charge in [-0.25, -0.2) is 4.39 Å². The molecule has 4 aromatic carbocycles. The van der Waals surface area contributed by atoms with Crippen LogP contribution in [-0.4, -0.2) is 23.0 Å². The second kappa shape index (κ2) is 16.3. The molecule has 9 aromatic rings. The molecule has 0 N–H and O–H groups in total. The summed E-state index contributed by atoms with van der Waals surface area (Å²) in [6.07, 6.45) is 4.89. The van der Waals surface area contributed by atoms with E-state index in [0.29, 0.717) is 17.1 Å². The van der Waals surface area contributed by atoms with Gasteiger partial charge in [0, 0.05) is 60.9 Å². The molecule has 0 spiro atoms. The van der Waals surface area contributed by atoms with Crippen LogP contribution < -0.4 is 5.19 Å². The summed E-state index contributed by atoms with van der Waals surface area (Å²) in [5, 5.41) is 5.34. The predicted octanol–water partition coefficient (Wildman–Crippen LogP) is 12.6. The van der Waals surface area contributed by atoms with Crippen molar-refractivity contribution in [2.75, 3.05) is 0 Å². The minimum atomic E-state index is -1.38. The smallest absolute Gasteiger partial charge is 0.143 e. The van der Waals surface area contributed by atoms with Gasteiger partial charge in [0.25, 0.3) is 0 Å². The number of furan rings is 2. The minimum Gasteiger partial charge on any atom is -0.500 e. The molecule has 5 aromatic heterocycles. The summed E-state index contributed by atoms with van der Waals surface area (Å²) in [5.74, 6) is 0.441. The van der Waals surface area contributed by atoms with E-state index in [4.69, 9.17) is 13.8 Å². The molecule has 0 aliphatic rings. The molecule has 0 aliphatic carbocycles. The summed E-state index contributed by atoms with van der Waals surface area (Å²) in [7, 11) is -1.38. The van der Waals surface area contributed by atoms with Crippen molar-refractivity contribution in [2.24, 2.45) is 5.92 Å². The number of benzene rings is 4. The summed E-state index contributed by atoms with van der Waals surface area (Å²) in [5.41, 5.74) is 11.0. The Bertz CT molecular complexity index is 2840. The van der Waals surface area contributed by atoms with Crippen molar-refractivity contribution >= 4 is 57.1 Å². The van der Waals surface area contributed by atoms with Gasteiger partial charge in [0.05, 0.1) is 24.9 Å². The van der Waals surface area contributed by atoms with Crippen LogP contribution in [0.5, 0.6) is 0 Å². The Morgan fingerprint density at radius 1 is 0.737 bits per heavy atom. The molecule has 5 heterocycles. The van der Waals surface area contributed by atoms with E-state index in [2.05, 4.69) is 117 Å². The average molecular weight is 946 g/mol. The third-order valence-corrected chi connectivity index (χ3v) is 12.3.